The maximum Gasteiger partial charge on any atom is 0.300 e. The van der Waals surface area contributed by atoms with Gasteiger partial charge in [0.15, 0.2) is 0 Å². The molecular formula is C15H13ClN2O4. The van der Waals surface area contributed by atoms with E-state index in [1.807, 2.05) is 0 Å². The lowest BCUT2D eigenvalue weighted by atomic mass is 10.1. The van der Waals surface area contributed by atoms with Gasteiger partial charge in [-0.2, -0.15) is 0 Å². The summed E-state index contributed by atoms with van der Waals surface area (Å²) in [6.45, 7) is 0.0421. The Morgan fingerprint density at radius 3 is 2.50 bits per heavy atom. The lowest BCUT2D eigenvalue weighted by Gasteiger charge is -2.07. The molecule has 0 unspecified atom stereocenters. The molecule has 0 radical (unpaired) electrons. The van der Waals surface area contributed by atoms with Crippen LogP contribution in [0.3, 0.4) is 0 Å². The van der Waals surface area contributed by atoms with Crippen molar-refractivity contribution in [3.05, 3.63) is 68.7 Å². The van der Waals surface area contributed by atoms with Gasteiger partial charge in [-0.05, 0) is 36.2 Å². The number of halogens is 1. The molecule has 0 aliphatic rings. The average Bonchev–Trinajstić information content (AvgIpc) is 2.49. The Labute approximate surface area is 131 Å². The van der Waals surface area contributed by atoms with Crippen LogP contribution in [-0.4, -0.2) is 22.5 Å². The summed E-state index contributed by atoms with van der Waals surface area (Å²) >= 11 is 5.78. The Balaban J connectivity index is 2.22. The molecule has 2 aromatic carbocycles. The van der Waals surface area contributed by atoms with Crippen molar-refractivity contribution in [3.8, 4) is 0 Å². The number of hydrogen-bond acceptors (Lipinski definition) is 4. The van der Waals surface area contributed by atoms with Crippen LogP contribution in [0, 0.1) is 10.1 Å². The number of nitrogens with zero attached hydrogens (tertiary/aromatic N) is 1. The van der Waals surface area contributed by atoms with Gasteiger partial charge in [0, 0.05) is 12.3 Å². The molecule has 0 bridgehead atoms. The average molecular weight is 321 g/mol. The number of anilines is 1. The van der Waals surface area contributed by atoms with Crippen LogP contribution in [0.2, 0.25) is 5.02 Å². The summed E-state index contributed by atoms with van der Waals surface area (Å²) in [5.41, 5.74) is 0.908. The molecule has 7 heteroatoms. The Hall–Kier alpha value is -2.44. The third kappa shape index (κ3) is 3.60. The van der Waals surface area contributed by atoms with E-state index >= 15 is 0 Å². The molecule has 2 rings (SSSR count). The van der Waals surface area contributed by atoms with Crippen LogP contribution in [0.5, 0.6) is 0 Å². The van der Waals surface area contributed by atoms with E-state index in [9.17, 15) is 14.9 Å². The molecule has 0 spiro atoms. The van der Waals surface area contributed by atoms with Crippen LogP contribution < -0.4 is 5.32 Å². The number of para-hydroxylation sites is 1. The van der Waals surface area contributed by atoms with Gasteiger partial charge in [0.05, 0.1) is 4.92 Å². The number of benzene rings is 2. The van der Waals surface area contributed by atoms with E-state index in [1.165, 1.54) is 18.2 Å². The highest BCUT2D eigenvalue weighted by Gasteiger charge is 2.23. The minimum atomic E-state index is -0.679. The first-order chi connectivity index (χ1) is 10.5. The van der Waals surface area contributed by atoms with Gasteiger partial charge in [-0.25, -0.2) is 0 Å². The largest absolute Gasteiger partial charge is 0.396 e. The lowest BCUT2D eigenvalue weighted by molar-refractivity contribution is -0.385. The van der Waals surface area contributed by atoms with E-state index in [0.29, 0.717) is 12.1 Å². The van der Waals surface area contributed by atoms with Gasteiger partial charge in [0.1, 0.15) is 10.6 Å². The highest BCUT2D eigenvalue weighted by atomic mass is 35.5. The quantitative estimate of drug-likeness (QED) is 0.654. The Morgan fingerprint density at radius 2 is 1.91 bits per heavy atom. The number of nitro benzene ring substituents is 1. The molecule has 0 aliphatic carbocycles. The predicted octanol–water partition coefficient (Wildman–Crippen LogP) is 3.04. The van der Waals surface area contributed by atoms with Crippen LogP contribution in [0.4, 0.5) is 11.4 Å². The van der Waals surface area contributed by atoms with E-state index < -0.39 is 16.5 Å². The number of aliphatic hydroxyl groups is 1. The maximum absolute atomic E-state index is 12.2. The molecular weight excluding hydrogens is 308 g/mol. The molecule has 0 heterocycles. The molecule has 22 heavy (non-hydrogen) atoms. The van der Waals surface area contributed by atoms with Crippen LogP contribution in [0.1, 0.15) is 15.9 Å². The number of rotatable bonds is 5. The minimum absolute atomic E-state index is 0.0421. The van der Waals surface area contributed by atoms with Crippen molar-refractivity contribution in [2.24, 2.45) is 0 Å². The van der Waals surface area contributed by atoms with Gasteiger partial charge in [-0.1, -0.05) is 29.8 Å². The fraction of sp³-hybridized carbons (Fsp3) is 0.133. The first-order valence-electron chi connectivity index (χ1n) is 6.47. The van der Waals surface area contributed by atoms with E-state index in [2.05, 4.69) is 5.32 Å². The van der Waals surface area contributed by atoms with Crippen molar-refractivity contribution in [1.29, 1.82) is 0 Å². The maximum atomic E-state index is 12.2. The van der Waals surface area contributed by atoms with Gasteiger partial charge in [0.25, 0.3) is 5.91 Å². The number of hydrogen-bond donors (Lipinski definition) is 2. The number of carbonyl (C=O) groups excluding carboxylic acids is 1. The van der Waals surface area contributed by atoms with Crippen molar-refractivity contribution >= 4 is 28.9 Å². The second kappa shape index (κ2) is 7.02. The molecule has 1 amide bonds. The Kier molecular flexibility index (Phi) is 5.08. The molecule has 0 atom stereocenters. The number of nitro groups is 1. The summed E-state index contributed by atoms with van der Waals surface area (Å²) < 4.78 is 0. The minimum Gasteiger partial charge on any atom is -0.396 e. The zero-order chi connectivity index (χ0) is 16.1. The van der Waals surface area contributed by atoms with Gasteiger partial charge in [0.2, 0.25) is 0 Å². The highest BCUT2D eigenvalue weighted by molar-refractivity contribution is 6.33. The second-order valence-electron chi connectivity index (χ2n) is 4.52. The Morgan fingerprint density at radius 1 is 1.23 bits per heavy atom. The number of carbonyl (C=O) groups is 1. The van der Waals surface area contributed by atoms with Crippen LogP contribution in [0.25, 0.3) is 0 Å². The summed E-state index contributed by atoms with van der Waals surface area (Å²) in [7, 11) is 0. The van der Waals surface area contributed by atoms with Gasteiger partial charge >= 0.3 is 5.69 Å². The standard InChI is InChI=1S/C15H13ClN2O4/c16-13-3-1-2-12(14(13)18(21)22)15(20)17-11-6-4-10(5-7-11)8-9-19/h1-7,19H,8-9H2,(H,17,20). The Bertz CT molecular complexity index is 701. The monoisotopic (exact) mass is 320 g/mol. The molecule has 0 saturated carbocycles. The van der Waals surface area contributed by atoms with E-state index in [4.69, 9.17) is 16.7 Å². The van der Waals surface area contributed by atoms with Crippen LogP contribution >= 0.6 is 11.6 Å². The molecule has 0 aliphatic heterocycles. The van der Waals surface area contributed by atoms with Crippen molar-refractivity contribution in [2.45, 2.75) is 6.42 Å². The fourth-order valence-corrected chi connectivity index (χ4v) is 2.21. The summed E-state index contributed by atoms with van der Waals surface area (Å²) in [6.07, 6.45) is 0.522. The van der Waals surface area contributed by atoms with Gasteiger partial charge < -0.3 is 10.4 Å². The second-order valence-corrected chi connectivity index (χ2v) is 4.92. The summed E-state index contributed by atoms with van der Waals surface area (Å²) in [4.78, 5) is 22.5. The summed E-state index contributed by atoms with van der Waals surface area (Å²) in [5.74, 6) is -0.607. The smallest absolute Gasteiger partial charge is 0.300 e. The predicted molar refractivity (Wildman–Crippen MR) is 83.3 cm³/mol. The van der Waals surface area contributed by atoms with Gasteiger partial charge in [-0.3, -0.25) is 14.9 Å². The van der Waals surface area contributed by atoms with Crippen molar-refractivity contribution in [3.63, 3.8) is 0 Å². The highest BCUT2D eigenvalue weighted by Crippen LogP contribution is 2.28. The molecule has 0 aromatic heterocycles. The first-order valence-corrected chi connectivity index (χ1v) is 6.84. The molecule has 0 fully saturated rings. The van der Waals surface area contributed by atoms with Crippen LogP contribution in [-0.2, 0) is 6.42 Å². The van der Waals surface area contributed by atoms with Gasteiger partial charge in [-0.15, -0.1) is 0 Å². The third-order valence-electron chi connectivity index (χ3n) is 3.03. The number of aliphatic hydroxyl groups excluding tert-OH is 1. The van der Waals surface area contributed by atoms with Crippen LogP contribution in [0.15, 0.2) is 42.5 Å². The lowest BCUT2D eigenvalue weighted by Crippen LogP contribution is -2.14. The third-order valence-corrected chi connectivity index (χ3v) is 3.33. The molecule has 114 valence electrons. The first kappa shape index (κ1) is 15.9. The molecule has 2 N–H and O–H groups in total. The molecule has 0 saturated heterocycles. The normalized spacial score (nSPS) is 10.3. The zero-order valence-electron chi connectivity index (χ0n) is 11.5. The topological polar surface area (TPSA) is 92.5 Å². The fourth-order valence-electron chi connectivity index (χ4n) is 1.97. The number of nitrogens with one attached hydrogen (secondary N) is 1. The number of amides is 1. The van der Waals surface area contributed by atoms with Crippen molar-refractivity contribution in [2.75, 3.05) is 11.9 Å². The SMILES string of the molecule is O=C(Nc1ccc(CCO)cc1)c1cccc(Cl)c1[N+](=O)[O-]. The summed E-state index contributed by atoms with van der Waals surface area (Å²) in [5, 5.41) is 22.4. The van der Waals surface area contributed by atoms with E-state index in [-0.39, 0.29) is 17.2 Å². The summed E-state index contributed by atoms with van der Waals surface area (Å²) in [6, 6.07) is 11.0. The zero-order valence-corrected chi connectivity index (χ0v) is 12.2. The molecule has 6 nitrogen and oxygen atoms in total. The van der Waals surface area contributed by atoms with E-state index in [0.717, 1.165) is 5.56 Å². The molecule has 2 aromatic rings. The van der Waals surface area contributed by atoms with E-state index in [1.54, 1.807) is 24.3 Å². The van der Waals surface area contributed by atoms with Crippen molar-refractivity contribution in [1.82, 2.24) is 0 Å². The van der Waals surface area contributed by atoms with Crippen molar-refractivity contribution < 1.29 is 14.8 Å².